The number of benzene rings is 1. The van der Waals surface area contributed by atoms with Crippen LogP contribution in [0, 0.1) is 11.2 Å². The summed E-state index contributed by atoms with van der Waals surface area (Å²) in [6.45, 7) is 0.483. The van der Waals surface area contributed by atoms with E-state index in [-0.39, 0.29) is 29.2 Å². The molecule has 0 aliphatic heterocycles. The summed E-state index contributed by atoms with van der Waals surface area (Å²) < 4.78 is 13.2. The highest BCUT2D eigenvalue weighted by Crippen LogP contribution is 2.35. The number of nitrogens with two attached hydrogens (primary N) is 1. The molecule has 4 nitrogen and oxygen atoms in total. The Balaban J connectivity index is 2.00. The van der Waals surface area contributed by atoms with Crippen molar-refractivity contribution in [1.82, 2.24) is 5.32 Å². The molecular formula is C15H21FN2O2. The second-order valence-electron chi connectivity index (χ2n) is 5.67. The highest BCUT2D eigenvalue weighted by Gasteiger charge is 2.31. The van der Waals surface area contributed by atoms with Gasteiger partial charge in [-0.15, -0.1) is 0 Å². The van der Waals surface area contributed by atoms with E-state index < -0.39 is 5.82 Å². The van der Waals surface area contributed by atoms with Crippen LogP contribution in [0.2, 0.25) is 0 Å². The molecule has 0 atom stereocenters. The van der Waals surface area contributed by atoms with Crippen LogP contribution < -0.4 is 11.1 Å². The van der Waals surface area contributed by atoms with Crippen LogP contribution in [0.1, 0.15) is 42.5 Å². The van der Waals surface area contributed by atoms with Crippen LogP contribution in [0.25, 0.3) is 0 Å². The second-order valence-corrected chi connectivity index (χ2v) is 5.67. The van der Waals surface area contributed by atoms with Gasteiger partial charge in [0.05, 0.1) is 6.61 Å². The summed E-state index contributed by atoms with van der Waals surface area (Å²) in [5, 5.41) is 12.4. The van der Waals surface area contributed by atoms with Crippen molar-refractivity contribution in [1.29, 1.82) is 0 Å². The van der Waals surface area contributed by atoms with Crippen molar-refractivity contribution >= 4 is 11.6 Å². The van der Waals surface area contributed by atoms with E-state index in [1.54, 1.807) is 0 Å². The smallest absolute Gasteiger partial charge is 0.251 e. The summed E-state index contributed by atoms with van der Waals surface area (Å²) in [6.07, 6.45) is 5.15. The molecule has 1 aliphatic rings. The molecule has 1 fully saturated rings. The molecule has 1 aromatic rings. The first-order valence-corrected chi connectivity index (χ1v) is 7.00. The number of amides is 1. The largest absolute Gasteiger partial charge is 0.399 e. The zero-order valence-corrected chi connectivity index (χ0v) is 11.5. The summed E-state index contributed by atoms with van der Waals surface area (Å²) in [6, 6.07) is 3.79. The van der Waals surface area contributed by atoms with Crippen LogP contribution in [0.5, 0.6) is 0 Å². The standard InChI is InChI=1S/C15H21FN2O2/c16-12-6-11(7-13(17)8-12)14(20)18-9-15(10-19)4-2-1-3-5-15/h6-8,19H,1-5,9-10,17H2,(H,18,20). The van der Waals surface area contributed by atoms with Crippen molar-refractivity contribution in [2.24, 2.45) is 5.41 Å². The molecule has 0 radical (unpaired) electrons. The zero-order valence-electron chi connectivity index (χ0n) is 11.5. The molecule has 1 saturated carbocycles. The van der Waals surface area contributed by atoms with Crippen LogP contribution in [0.4, 0.5) is 10.1 Å². The van der Waals surface area contributed by atoms with Gasteiger partial charge in [0.2, 0.25) is 0 Å². The number of carbonyl (C=O) groups is 1. The molecule has 0 spiro atoms. The minimum Gasteiger partial charge on any atom is -0.399 e. The number of aliphatic hydroxyl groups excluding tert-OH is 1. The molecule has 110 valence electrons. The van der Waals surface area contributed by atoms with Crippen LogP contribution in [-0.2, 0) is 0 Å². The Kier molecular flexibility index (Phi) is 4.60. The Bertz CT molecular complexity index is 465. The van der Waals surface area contributed by atoms with E-state index in [4.69, 9.17) is 5.73 Å². The summed E-state index contributed by atoms with van der Waals surface area (Å²) in [4.78, 5) is 12.0. The van der Waals surface area contributed by atoms with E-state index in [1.165, 1.54) is 18.6 Å². The van der Waals surface area contributed by atoms with Gasteiger partial charge in [-0.3, -0.25) is 4.79 Å². The number of hydrogen-bond acceptors (Lipinski definition) is 3. The van der Waals surface area contributed by atoms with E-state index >= 15 is 0 Å². The lowest BCUT2D eigenvalue weighted by Crippen LogP contribution is -2.41. The van der Waals surface area contributed by atoms with E-state index in [0.717, 1.165) is 31.7 Å². The molecule has 2 rings (SSSR count). The van der Waals surface area contributed by atoms with E-state index in [9.17, 15) is 14.3 Å². The molecule has 1 aliphatic carbocycles. The van der Waals surface area contributed by atoms with Gasteiger partial charge in [-0.2, -0.15) is 0 Å². The average molecular weight is 280 g/mol. The van der Waals surface area contributed by atoms with Gasteiger partial charge in [0.25, 0.3) is 5.91 Å². The number of nitrogen functional groups attached to an aromatic ring is 1. The SMILES string of the molecule is Nc1cc(F)cc(C(=O)NCC2(CO)CCCCC2)c1. The maximum Gasteiger partial charge on any atom is 0.251 e. The molecule has 0 saturated heterocycles. The highest BCUT2D eigenvalue weighted by molar-refractivity contribution is 5.95. The molecule has 1 aromatic carbocycles. The predicted molar refractivity (Wildman–Crippen MR) is 75.7 cm³/mol. The number of anilines is 1. The first kappa shape index (κ1) is 14.8. The molecule has 0 unspecified atom stereocenters. The Labute approximate surface area is 118 Å². The minimum atomic E-state index is -0.523. The first-order valence-electron chi connectivity index (χ1n) is 7.00. The molecule has 5 heteroatoms. The van der Waals surface area contributed by atoms with Gasteiger partial charge >= 0.3 is 0 Å². The maximum absolute atomic E-state index is 13.2. The minimum absolute atomic E-state index is 0.0680. The number of carbonyl (C=O) groups excluding carboxylic acids is 1. The molecule has 20 heavy (non-hydrogen) atoms. The fraction of sp³-hybridized carbons (Fsp3) is 0.533. The lowest BCUT2D eigenvalue weighted by molar-refractivity contribution is 0.0718. The monoisotopic (exact) mass is 280 g/mol. The van der Waals surface area contributed by atoms with Gasteiger partial charge in [0.15, 0.2) is 0 Å². The highest BCUT2D eigenvalue weighted by atomic mass is 19.1. The van der Waals surface area contributed by atoms with Gasteiger partial charge in [-0.25, -0.2) is 4.39 Å². The van der Waals surface area contributed by atoms with E-state index in [1.807, 2.05) is 0 Å². The maximum atomic E-state index is 13.2. The molecule has 0 heterocycles. The van der Waals surface area contributed by atoms with E-state index in [0.29, 0.717) is 6.54 Å². The normalized spacial score (nSPS) is 17.7. The number of hydrogen-bond donors (Lipinski definition) is 3. The number of aliphatic hydroxyl groups is 1. The molecule has 0 bridgehead atoms. The fourth-order valence-electron chi connectivity index (χ4n) is 2.81. The van der Waals surface area contributed by atoms with Crippen LogP contribution in [0.3, 0.4) is 0 Å². The molecule has 4 N–H and O–H groups in total. The summed E-state index contributed by atoms with van der Waals surface area (Å²) in [7, 11) is 0. The number of rotatable bonds is 4. The number of nitrogens with one attached hydrogen (secondary N) is 1. The van der Waals surface area contributed by atoms with Crippen molar-refractivity contribution in [2.45, 2.75) is 32.1 Å². The van der Waals surface area contributed by atoms with Crippen molar-refractivity contribution in [3.8, 4) is 0 Å². The van der Waals surface area contributed by atoms with Crippen molar-refractivity contribution < 1.29 is 14.3 Å². The Morgan fingerprint density at radius 3 is 2.60 bits per heavy atom. The Morgan fingerprint density at radius 1 is 1.30 bits per heavy atom. The molecular weight excluding hydrogens is 259 g/mol. The molecule has 0 aromatic heterocycles. The third-order valence-electron chi connectivity index (χ3n) is 4.06. The van der Waals surface area contributed by atoms with Gasteiger partial charge in [-0.05, 0) is 31.0 Å². The van der Waals surface area contributed by atoms with Gasteiger partial charge in [-0.1, -0.05) is 19.3 Å². The first-order chi connectivity index (χ1) is 9.54. The van der Waals surface area contributed by atoms with Crippen molar-refractivity contribution in [3.63, 3.8) is 0 Å². The lowest BCUT2D eigenvalue weighted by Gasteiger charge is -2.35. The Morgan fingerprint density at radius 2 is 2.00 bits per heavy atom. The van der Waals surface area contributed by atoms with Crippen LogP contribution in [-0.4, -0.2) is 24.2 Å². The fourth-order valence-corrected chi connectivity index (χ4v) is 2.81. The molecule has 1 amide bonds. The second kappa shape index (κ2) is 6.22. The van der Waals surface area contributed by atoms with Crippen LogP contribution in [0.15, 0.2) is 18.2 Å². The quantitative estimate of drug-likeness (QED) is 0.739. The third kappa shape index (κ3) is 3.48. The summed E-state index contributed by atoms with van der Waals surface area (Å²) >= 11 is 0. The van der Waals surface area contributed by atoms with Crippen LogP contribution >= 0.6 is 0 Å². The average Bonchev–Trinajstić information content (AvgIpc) is 2.45. The van der Waals surface area contributed by atoms with Gasteiger partial charge in [0.1, 0.15) is 5.82 Å². The topological polar surface area (TPSA) is 75.4 Å². The Hall–Kier alpha value is -1.62. The zero-order chi connectivity index (χ0) is 14.6. The predicted octanol–water partition coefficient (Wildman–Crippen LogP) is 2.08. The van der Waals surface area contributed by atoms with E-state index in [2.05, 4.69) is 5.32 Å². The third-order valence-corrected chi connectivity index (χ3v) is 4.06. The van der Waals surface area contributed by atoms with Gasteiger partial charge in [0, 0.05) is 23.2 Å². The van der Waals surface area contributed by atoms with Gasteiger partial charge < -0.3 is 16.2 Å². The van der Waals surface area contributed by atoms with Crippen molar-refractivity contribution in [2.75, 3.05) is 18.9 Å². The van der Waals surface area contributed by atoms with Crippen molar-refractivity contribution in [3.05, 3.63) is 29.6 Å². The summed E-state index contributed by atoms with van der Waals surface area (Å²) in [5.41, 5.74) is 5.74. The summed E-state index contributed by atoms with van der Waals surface area (Å²) in [5.74, 6) is -0.876. The number of halogens is 1. The lowest BCUT2D eigenvalue weighted by atomic mass is 9.74.